The molecule has 0 radical (unpaired) electrons. The average molecular weight is 342 g/mol. The Kier molecular flexibility index (Phi) is 4.14. The van der Waals surface area contributed by atoms with Gasteiger partial charge in [-0.15, -0.1) is 0 Å². The Morgan fingerprint density at radius 2 is 2.08 bits per heavy atom. The van der Waals surface area contributed by atoms with Crippen LogP contribution >= 0.6 is 0 Å². The first-order chi connectivity index (χ1) is 12.2. The van der Waals surface area contributed by atoms with E-state index in [4.69, 9.17) is 4.84 Å². The molecule has 1 fully saturated rings. The normalized spacial score (nSPS) is 20.2. The van der Waals surface area contributed by atoms with E-state index in [-0.39, 0.29) is 18.4 Å². The Hall–Kier alpha value is -2.81. The number of fused-ring (bicyclic) bond motifs is 1. The summed E-state index contributed by atoms with van der Waals surface area (Å²) in [5.41, 5.74) is 1.26. The Morgan fingerprint density at radius 1 is 1.16 bits per heavy atom. The lowest BCUT2D eigenvalue weighted by molar-refractivity contribution is -0.201. The number of aromatic nitrogens is 4. The van der Waals surface area contributed by atoms with Crippen molar-refractivity contribution in [1.82, 2.24) is 29.9 Å². The van der Waals surface area contributed by atoms with Crippen molar-refractivity contribution in [3.8, 4) is 0 Å². The molecular formula is C16H18N6O3. The SMILES string of the molecule is O=C(c1ccnnc1)N1Cc2ccnn2[C@@H](C(=O)N2CCCCO2)C1. The molecule has 0 spiro atoms. The van der Waals surface area contributed by atoms with Crippen molar-refractivity contribution in [3.05, 3.63) is 42.0 Å². The van der Waals surface area contributed by atoms with Crippen LogP contribution < -0.4 is 0 Å². The van der Waals surface area contributed by atoms with Gasteiger partial charge >= 0.3 is 0 Å². The summed E-state index contributed by atoms with van der Waals surface area (Å²) in [7, 11) is 0. The van der Waals surface area contributed by atoms with Crippen molar-refractivity contribution in [1.29, 1.82) is 0 Å². The zero-order valence-corrected chi connectivity index (χ0v) is 13.6. The fourth-order valence-electron chi connectivity index (χ4n) is 3.17. The van der Waals surface area contributed by atoms with Crippen LogP contribution in [-0.4, -0.2) is 61.5 Å². The second-order valence-electron chi connectivity index (χ2n) is 6.08. The molecule has 1 saturated heterocycles. The Morgan fingerprint density at radius 3 is 2.84 bits per heavy atom. The molecule has 2 amide bonds. The van der Waals surface area contributed by atoms with Crippen molar-refractivity contribution in [2.45, 2.75) is 25.4 Å². The highest BCUT2D eigenvalue weighted by atomic mass is 16.7. The highest BCUT2D eigenvalue weighted by Gasteiger charge is 2.36. The first kappa shape index (κ1) is 15.7. The Labute approximate surface area is 144 Å². The number of carbonyl (C=O) groups is 2. The van der Waals surface area contributed by atoms with Crippen molar-refractivity contribution in [2.24, 2.45) is 0 Å². The molecule has 2 aromatic heterocycles. The second kappa shape index (κ2) is 6.60. The molecule has 25 heavy (non-hydrogen) atoms. The Bertz CT molecular complexity index is 771. The van der Waals surface area contributed by atoms with Crippen LogP contribution in [0.3, 0.4) is 0 Å². The molecule has 9 nitrogen and oxygen atoms in total. The smallest absolute Gasteiger partial charge is 0.272 e. The first-order valence-electron chi connectivity index (χ1n) is 8.26. The summed E-state index contributed by atoms with van der Waals surface area (Å²) in [6.07, 6.45) is 6.41. The average Bonchev–Trinajstić information content (AvgIpc) is 3.16. The van der Waals surface area contributed by atoms with E-state index in [1.165, 1.54) is 17.5 Å². The van der Waals surface area contributed by atoms with Crippen LogP contribution in [0.2, 0.25) is 0 Å². The maximum Gasteiger partial charge on any atom is 0.272 e. The molecular weight excluding hydrogens is 324 g/mol. The molecule has 0 aliphatic carbocycles. The minimum absolute atomic E-state index is 0.171. The number of hydroxylamine groups is 2. The van der Waals surface area contributed by atoms with E-state index in [9.17, 15) is 9.59 Å². The van der Waals surface area contributed by atoms with Gasteiger partial charge in [0, 0.05) is 12.7 Å². The fraction of sp³-hybridized carbons (Fsp3) is 0.438. The van der Waals surface area contributed by atoms with Crippen LogP contribution in [0.1, 0.15) is 34.9 Å². The summed E-state index contributed by atoms with van der Waals surface area (Å²) in [6, 6.07) is 2.85. The van der Waals surface area contributed by atoms with Gasteiger partial charge in [-0.25, -0.2) is 5.06 Å². The number of nitrogens with zero attached hydrogens (tertiary/aromatic N) is 6. The van der Waals surface area contributed by atoms with Crippen LogP contribution in [0, 0.1) is 0 Å². The minimum atomic E-state index is -0.587. The molecule has 2 aliphatic heterocycles. The van der Waals surface area contributed by atoms with Crippen LogP contribution in [0.25, 0.3) is 0 Å². The van der Waals surface area contributed by atoms with Gasteiger partial charge in [-0.3, -0.25) is 19.1 Å². The quantitative estimate of drug-likeness (QED) is 0.785. The molecule has 1 atom stereocenters. The van der Waals surface area contributed by atoms with E-state index >= 15 is 0 Å². The van der Waals surface area contributed by atoms with Gasteiger partial charge in [0.15, 0.2) is 6.04 Å². The van der Waals surface area contributed by atoms with Crippen molar-refractivity contribution in [2.75, 3.05) is 19.7 Å². The molecule has 9 heteroatoms. The lowest BCUT2D eigenvalue weighted by Crippen LogP contribution is -2.49. The molecule has 4 rings (SSSR count). The standard InChI is InChI=1S/C16H18N6O3/c23-15(12-3-5-17-18-9-12)20-10-13-4-6-19-22(13)14(11-20)16(24)21-7-1-2-8-25-21/h3-6,9,14H,1-2,7-8,10-11H2/t14-/m1/s1. The predicted octanol–water partition coefficient (Wildman–Crippen LogP) is 0.424. The topological polar surface area (TPSA) is 93.5 Å². The molecule has 2 aliphatic rings. The van der Waals surface area contributed by atoms with Gasteiger partial charge < -0.3 is 4.90 Å². The van der Waals surface area contributed by atoms with Crippen molar-refractivity contribution >= 4 is 11.8 Å². The number of carbonyl (C=O) groups excluding carboxylic acids is 2. The van der Waals surface area contributed by atoms with Gasteiger partial charge in [-0.2, -0.15) is 15.3 Å². The monoisotopic (exact) mass is 342 g/mol. The zero-order valence-electron chi connectivity index (χ0n) is 13.6. The molecule has 0 N–H and O–H groups in total. The lowest BCUT2D eigenvalue weighted by Gasteiger charge is -2.36. The molecule has 0 unspecified atom stereocenters. The van der Waals surface area contributed by atoms with Gasteiger partial charge in [-0.05, 0) is 25.0 Å². The summed E-state index contributed by atoms with van der Waals surface area (Å²) < 4.78 is 1.69. The highest BCUT2D eigenvalue weighted by molar-refractivity contribution is 5.94. The molecule has 4 heterocycles. The van der Waals surface area contributed by atoms with Gasteiger partial charge in [-0.1, -0.05) is 0 Å². The van der Waals surface area contributed by atoms with E-state index in [0.717, 1.165) is 18.5 Å². The van der Waals surface area contributed by atoms with Gasteiger partial charge in [0.1, 0.15) is 0 Å². The summed E-state index contributed by atoms with van der Waals surface area (Å²) >= 11 is 0. The van der Waals surface area contributed by atoms with Crippen LogP contribution in [0.4, 0.5) is 0 Å². The first-order valence-corrected chi connectivity index (χ1v) is 8.26. The number of rotatable bonds is 2. The number of hydrogen-bond acceptors (Lipinski definition) is 6. The zero-order chi connectivity index (χ0) is 17.2. The maximum absolute atomic E-state index is 12.9. The van der Waals surface area contributed by atoms with E-state index < -0.39 is 6.04 Å². The largest absolute Gasteiger partial charge is 0.330 e. The summed E-state index contributed by atoms with van der Waals surface area (Å²) in [5, 5.41) is 13.1. The van der Waals surface area contributed by atoms with Gasteiger partial charge in [0.05, 0.1) is 43.3 Å². The second-order valence-corrected chi connectivity index (χ2v) is 6.08. The van der Waals surface area contributed by atoms with Crippen LogP contribution in [0.15, 0.2) is 30.7 Å². The molecule has 2 aromatic rings. The highest BCUT2D eigenvalue weighted by Crippen LogP contribution is 2.24. The third kappa shape index (κ3) is 2.98. The van der Waals surface area contributed by atoms with Crippen molar-refractivity contribution < 1.29 is 14.4 Å². The van der Waals surface area contributed by atoms with Crippen molar-refractivity contribution in [3.63, 3.8) is 0 Å². The van der Waals surface area contributed by atoms with Gasteiger partial charge in [0.25, 0.3) is 11.8 Å². The fourth-order valence-corrected chi connectivity index (χ4v) is 3.17. The number of hydrogen-bond donors (Lipinski definition) is 0. The number of amides is 2. The van der Waals surface area contributed by atoms with E-state index in [0.29, 0.717) is 25.3 Å². The third-order valence-corrected chi connectivity index (χ3v) is 4.45. The van der Waals surface area contributed by atoms with E-state index in [2.05, 4.69) is 15.3 Å². The third-order valence-electron chi connectivity index (χ3n) is 4.45. The molecule has 0 bridgehead atoms. The maximum atomic E-state index is 12.9. The van der Waals surface area contributed by atoms with Crippen LogP contribution in [-0.2, 0) is 16.2 Å². The summed E-state index contributed by atoms with van der Waals surface area (Å²) in [4.78, 5) is 32.8. The Balaban J connectivity index is 1.59. The van der Waals surface area contributed by atoms with Crippen LogP contribution in [0.5, 0.6) is 0 Å². The summed E-state index contributed by atoms with van der Waals surface area (Å²) in [6.45, 7) is 1.74. The van der Waals surface area contributed by atoms with E-state index in [1.807, 2.05) is 6.07 Å². The lowest BCUT2D eigenvalue weighted by atomic mass is 10.1. The minimum Gasteiger partial charge on any atom is -0.330 e. The van der Waals surface area contributed by atoms with E-state index in [1.54, 1.807) is 21.8 Å². The molecule has 0 saturated carbocycles. The summed E-state index contributed by atoms with van der Waals surface area (Å²) in [5.74, 6) is -0.352. The molecule has 0 aromatic carbocycles. The molecule has 130 valence electrons. The predicted molar refractivity (Wildman–Crippen MR) is 84.9 cm³/mol. The van der Waals surface area contributed by atoms with Gasteiger partial charge in [0.2, 0.25) is 0 Å².